The molecule has 0 saturated carbocycles. The van der Waals surface area contributed by atoms with Gasteiger partial charge in [0.15, 0.2) is 0 Å². The Balaban J connectivity index is 1.34. The Kier molecular flexibility index (Phi) is 9.44. The molecule has 1 unspecified atom stereocenters. The highest BCUT2D eigenvalue weighted by Gasteiger charge is 2.36. The predicted octanol–water partition coefficient (Wildman–Crippen LogP) is 12.9. The molecule has 3 aromatic carbocycles. The molecule has 7 rings (SSSR count). The molecule has 270 valence electrons. The Hall–Kier alpha value is -4.64. The molecule has 1 aliphatic carbocycles. The van der Waals surface area contributed by atoms with Gasteiger partial charge in [-0.2, -0.15) is 5.10 Å². The zero-order valence-electron chi connectivity index (χ0n) is 33.1. The van der Waals surface area contributed by atoms with Crippen molar-refractivity contribution in [1.29, 1.82) is 0 Å². The molecule has 0 N–H and O–H groups in total. The summed E-state index contributed by atoms with van der Waals surface area (Å²) >= 11 is 0. The van der Waals surface area contributed by atoms with Crippen LogP contribution in [0.2, 0.25) is 0 Å². The topological polar surface area (TPSA) is 44.9 Å². The smallest absolute Gasteiger partial charge is 0.137 e. The fourth-order valence-corrected chi connectivity index (χ4v) is 8.54. The van der Waals surface area contributed by atoms with Gasteiger partial charge in [0.2, 0.25) is 0 Å². The molecule has 2 atom stereocenters. The van der Waals surface area contributed by atoms with E-state index in [1.807, 2.05) is 6.20 Å². The zero-order chi connectivity index (χ0) is 37.1. The molecule has 5 nitrogen and oxygen atoms in total. The third-order valence-electron chi connectivity index (χ3n) is 11.4. The summed E-state index contributed by atoms with van der Waals surface area (Å²) in [5.41, 5.74) is 10.9. The lowest BCUT2D eigenvalue weighted by Crippen LogP contribution is -2.26. The number of para-hydroxylation sites is 1. The van der Waals surface area contributed by atoms with E-state index in [0.29, 0.717) is 29.6 Å². The highest BCUT2D eigenvalue weighted by molar-refractivity contribution is 6.09. The summed E-state index contributed by atoms with van der Waals surface area (Å²) in [4.78, 5) is 4.85. The van der Waals surface area contributed by atoms with Crippen molar-refractivity contribution in [3.05, 3.63) is 119 Å². The maximum Gasteiger partial charge on any atom is 0.137 e. The fourth-order valence-electron chi connectivity index (χ4n) is 8.54. The van der Waals surface area contributed by atoms with Crippen LogP contribution in [0.1, 0.15) is 115 Å². The largest absolute Gasteiger partial charge is 0.457 e. The second kappa shape index (κ2) is 13.7. The summed E-state index contributed by atoms with van der Waals surface area (Å²) in [5, 5.41) is 7.65. The third kappa shape index (κ3) is 6.48. The summed E-state index contributed by atoms with van der Waals surface area (Å²) in [6, 6.07) is 26.0. The number of aryl methyl sites for hydroxylation is 1. The van der Waals surface area contributed by atoms with Crippen molar-refractivity contribution in [2.45, 2.75) is 106 Å². The Bertz CT molecular complexity index is 2290. The van der Waals surface area contributed by atoms with Crippen molar-refractivity contribution in [1.82, 2.24) is 19.3 Å². The zero-order valence-corrected chi connectivity index (χ0v) is 33.1. The van der Waals surface area contributed by atoms with Gasteiger partial charge in [0.1, 0.15) is 17.3 Å². The molecule has 0 fully saturated rings. The molecule has 6 aromatic rings. The van der Waals surface area contributed by atoms with Crippen molar-refractivity contribution < 1.29 is 4.74 Å². The van der Waals surface area contributed by atoms with Gasteiger partial charge in [-0.3, -0.25) is 4.57 Å². The monoisotopic (exact) mass is 692 g/mol. The van der Waals surface area contributed by atoms with Crippen molar-refractivity contribution >= 4 is 21.8 Å². The lowest BCUT2D eigenvalue weighted by atomic mass is 9.67. The van der Waals surface area contributed by atoms with Crippen LogP contribution in [0.5, 0.6) is 11.5 Å². The van der Waals surface area contributed by atoms with E-state index in [1.165, 1.54) is 46.0 Å². The highest BCUT2D eigenvalue weighted by atomic mass is 16.5. The number of benzene rings is 3. The molecule has 52 heavy (non-hydrogen) atoms. The number of ether oxygens (including phenoxy) is 1. The number of aromatic nitrogens is 4. The average Bonchev–Trinajstić information content (AvgIpc) is 3.59. The number of nitrogens with zero attached hydrogens (tertiary/aromatic N) is 4. The van der Waals surface area contributed by atoms with E-state index in [0.717, 1.165) is 39.7 Å². The van der Waals surface area contributed by atoms with E-state index in [1.54, 1.807) is 5.57 Å². The van der Waals surface area contributed by atoms with Gasteiger partial charge >= 0.3 is 0 Å². The number of hydrogen-bond donors (Lipinski definition) is 0. The van der Waals surface area contributed by atoms with E-state index >= 15 is 0 Å². The highest BCUT2D eigenvalue weighted by Crippen LogP contribution is 2.47. The molecular formula is C47H56N4O. The maximum atomic E-state index is 6.84. The van der Waals surface area contributed by atoms with Gasteiger partial charge in [-0.1, -0.05) is 92.2 Å². The Morgan fingerprint density at radius 1 is 0.788 bits per heavy atom. The van der Waals surface area contributed by atoms with Crippen LogP contribution in [-0.2, 0) is 5.41 Å². The van der Waals surface area contributed by atoms with Gasteiger partial charge in [-0.25, -0.2) is 9.67 Å². The molecule has 3 heterocycles. The first-order valence-electron chi connectivity index (χ1n) is 19.3. The van der Waals surface area contributed by atoms with Crippen molar-refractivity contribution in [2.75, 3.05) is 0 Å². The molecule has 1 aliphatic rings. The Morgan fingerprint density at radius 2 is 1.54 bits per heavy atom. The second-order valence-corrected chi connectivity index (χ2v) is 17.0. The molecule has 0 bridgehead atoms. The number of hydrogen-bond acceptors (Lipinski definition) is 3. The maximum absolute atomic E-state index is 6.84. The van der Waals surface area contributed by atoms with E-state index in [-0.39, 0.29) is 5.41 Å². The van der Waals surface area contributed by atoms with Crippen LogP contribution < -0.4 is 4.74 Å². The van der Waals surface area contributed by atoms with Gasteiger partial charge < -0.3 is 4.74 Å². The lowest BCUT2D eigenvalue weighted by molar-refractivity contribution is 0.297. The summed E-state index contributed by atoms with van der Waals surface area (Å²) in [5.74, 6) is 5.01. The molecule has 0 aliphatic heterocycles. The summed E-state index contributed by atoms with van der Waals surface area (Å²) in [7, 11) is 0. The number of fused-ring (bicyclic) bond motifs is 3. The van der Waals surface area contributed by atoms with Gasteiger partial charge in [0, 0.05) is 46.3 Å². The quantitative estimate of drug-likeness (QED) is 0.149. The van der Waals surface area contributed by atoms with E-state index in [9.17, 15) is 0 Å². The Labute approximate surface area is 310 Å². The van der Waals surface area contributed by atoms with Crippen LogP contribution in [0, 0.1) is 31.6 Å². The van der Waals surface area contributed by atoms with E-state index < -0.39 is 0 Å². The Morgan fingerprint density at radius 3 is 2.25 bits per heavy atom. The molecule has 0 spiro atoms. The second-order valence-electron chi connectivity index (χ2n) is 17.0. The number of pyridine rings is 1. The minimum Gasteiger partial charge on any atom is -0.457 e. The molecule has 3 aromatic heterocycles. The van der Waals surface area contributed by atoms with Crippen LogP contribution in [0.3, 0.4) is 0 Å². The van der Waals surface area contributed by atoms with Crippen LogP contribution in [0.25, 0.3) is 33.3 Å². The standard InChI is InChI=1S/C47H56N4O/c1-28(2)33-21-22-48-44(23-33)50-42-18-13-12-15-40(42)41-20-19-36(27-43(41)50)52-37-25-34(47(9,10)11)24-35(26-37)51-32(8)45(31(7)49-51)46-38(29(3)4)16-14-17-39(46)30(5)6/h12-13,15-16,18-30,39,46H,14,17H2,1-11H3/t39-,46?/m1/s1. The normalized spacial score (nSPS) is 16.8. The van der Waals surface area contributed by atoms with Crippen LogP contribution >= 0.6 is 0 Å². The molecule has 0 amide bonds. The average molecular weight is 693 g/mol. The summed E-state index contributed by atoms with van der Waals surface area (Å²) < 4.78 is 11.3. The van der Waals surface area contributed by atoms with Crippen molar-refractivity contribution in [3.8, 4) is 23.0 Å². The van der Waals surface area contributed by atoms with Gasteiger partial charge in [0.25, 0.3) is 0 Å². The minimum atomic E-state index is -0.0871. The molecule has 5 heteroatoms. The first-order valence-corrected chi connectivity index (χ1v) is 19.3. The van der Waals surface area contributed by atoms with E-state index in [4.69, 9.17) is 14.8 Å². The van der Waals surface area contributed by atoms with Crippen LogP contribution in [-0.4, -0.2) is 19.3 Å². The predicted molar refractivity (Wildman–Crippen MR) is 218 cm³/mol. The fraction of sp³-hybridized carbons (Fsp3) is 0.404. The molecule has 0 radical (unpaired) electrons. The first-order chi connectivity index (χ1) is 24.7. The first kappa shape index (κ1) is 35.7. The van der Waals surface area contributed by atoms with Gasteiger partial charge in [0.05, 0.1) is 22.4 Å². The lowest BCUT2D eigenvalue weighted by Gasteiger charge is -2.37. The third-order valence-corrected chi connectivity index (χ3v) is 11.4. The van der Waals surface area contributed by atoms with Crippen molar-refractivity contribution in [3.63, 3.8) is 0 Å². The number of allylic oxidation sites excluding steroid dienone is 2. The van der Waals surface area contributed by atoms with Crippen LogP contribution in [0.4, 0.5) is 0 Å². The summed E-state index contributed by atoms with van der Waals surface area (Å²) in [6.07, 6.45) is 6.83. The molecular weight excluding hydrogens is 637 g/mol. The van der Waals surface area contributed by atoms with Gasteiger partial charge in [-0.05, 0) is 109 Å². The summed E-state index contributed by atoms with van der Waals surface area (Å²) in [6.45, 7) is 25.2. The minimum absolute atomic E-state index is 0.0871. The SMILES string of the molecule is Cc1nn(-c2cc(Oc3ccc4c5ccccc5n(-c5cc(C(C)C)ccn5)c4c3)cc(C(C)(C)C)c2)c(C)c1C1C(C(C)C)=CCC[C@@H]1C(C)C. The van der Waals surface area contributed by atoms with Crippen molar-refractivity contribution in [2.24, 2.45) is 17.8 Å². The van der Waals surface area contributed by atoms with Gasteiger partial charge in [-0.15, -0.1) is 0 Å². The number of rotatable bonds is 8. The van der Waals surface area contributed by atoms with Crippen LogP contribution in [0.15, 0.2) is 90.6 Å². The van der Waals surface area contributed by atoms with E-state index in [2.05, 4.69) is 164 Å². The molecule has 0 saturated heterocycles.